The molecule has 1 rings (SSSR count). The Morgan fingerprint density at radius 3 is 2.50 bits per heavy atom. The van der Waals surface area contributed by atoms with E-state index in [4.69, 9.17) is 16.3 Å². The van der Waals surface area contributed by atoms with Crippen LogP contribution in [0.15, 0.2) is 24.3 Å². The van der Waals surface area contributed by atoms with Gasteiger partial charge < -0.3 is 9.64 Å². The Morgan fingerprint density at radius 1 is 1.39 bits per heavy atom. The van der Waals surface area contributed by atoms with Gasteiger partial charge in [-0.25, -0.2) is 0 Å². The smallest absolute Gasteiger partial charge is 0.224 e. The third kappa shape index (κ3) is 3.47. The number of nitrogens with zero attached hydrogens (tertiary/aromatic N) is 1. The van der Waals surface area contributed by atoms with Gasteiger partial charge in [0.15, 0.2) is 0 Å². The van der Waals surface area contributed by atoms with Gasteiger partial charge in [0.1, 0.15) is 0 Å². The van der Waals surface area contributed by atoms with Gasteiger partial charge in [-0.15, -0.1) is 11.6 Å². The number of carbonyl (C=O) groups is 1. The van der Waals surface area contributed by atoms with Crippen LogP contribution < -0.4 is 4.90 Å². The molecular formula is C14H20ClNO2. The van der Waals surface area contributed by atoms with Gasteiger partial charge in [-0.2, -0.15) is 0 Å². The molecule has 0 fully saturated rings. The minimum Gasteiger partial charge on any atom is -0.383 e. The zero-order valence-corrected chi connectivity index (χ0v) is 12.1. The monoisotopic (exact) mass is 269 g/mol. The maximum absolute atomic E-state index is 11.9. The van der Waals surface area contributed by atoms with Crippen molar-refractivity contribution in [1.29, 1.82) is 0 Å². The van der Waals surface area contributed by atoms with Gasteiger partial charge in [-0.05, 0) is 25.5 Å². The number of carbonyl (C=O) groups excluding carboxylic acids is 1. The first kappa shape index (κ1) is 15.0. The number of amides is 1. The highest BCUT2D eigenvalue weighted by molar-refractivity contribution is 6.21. The molecule has 0 aliphatic carbocycles. The van der Waals surface area contributed by atoms with Gasteiger partial charge in [0.05, 0.1) is 18.0 Å². The molecule has 0 saturated carbocycles. The Balaban J connectivity index is 3.17. The average molecular weight is 270 g/mol. The molecule has 2 unspecified atom stereocenters. The summed E-state index contributed by atoms with van der Waals surface area (Å²) in [4.78, 5) is 13.6. The highest BCUT2D eigenvalue weighted by Gasteiger charge is 2.22. The van der Waals surface area contributed by atoms with Crippen LogP contribution in [-0.2, 0) is 9.53 Å². The predicted molar refractivity (Wildman–Crippen MR) is 75.2 cm³/mol. The average Bonchev–Trinajstić information content (AvgIpc) is 2.29. The summed E-state index contributed by atoms with van der Waals surface area (Å²) in [5.41, 5.74) is 1.81. The first-order valence-electron chi connectivity index (χ1n) is 6.00. The fourth-order valence-electron chi connectivity index (χ4n) is 2.08. The first-order valence-corrected chi connectivity index (χ1v) is 6.44. The van der Waals surface area contributed by atoms with Crippen molar-refractivity contribution >= 4 is 23.2 Å². The second-order valence-corrected chi connectivity index (χ2v) is 5.02. The molecule has 0 N–H and O–H groups in total. The molecule has 0 aliphatic rings. The van der Waals surface area contributed by atoms with Crippen molar-refractivity contribution in [3.05, 3.63) is 29.8 Å². The third-order valence-electron chi connectivity index (χ3n) is 2.81. The van der Waals surface area contributed by atoms with Crippen LogP contribution in [0.2, 0.25) is 0 Å². The second-order valence-electron chi connectivity index (χ2n) is 4.37. The summed E-state index contributed by atoms with van der Waals surface area (Å²) >= 11 is 6.17. The highest BCUT2D eigenvalue weighted by atomic mass is 35.5. The lowest BCUT2D eigenvalue weighted by Crippen LogP contribution is -2.40. The maximum atomic E-state index is 11.9. The topological polar surface area (TPSA) is 29.5 Å². The van der Waals surface area contributed by atoms with Crippen LogP contribution in [0.4, 0.5) is 5.69 Å². The lowest BCUT2D eigenvalue weighted by molar-refractivity contribution is -0.117. The Kier molecular flexibility index (Phi) is 5.63. The molecule has 1 aromatic rings. The van der Waals surface area contributed by atoms with E-state index in [-0.39, 0.29) is 17.3 Å². The van der Waals surface area contributed by atoms with E-state index in [0.29, 0.717) is 6.61 Å². The van der Waals surface area contributed by atoms with Crippen LogP contribution in [0, 0.1) is 0 Å². The zero-order chi connectivity index (χ0) is 13.7. The first-order chi connectivity index (χ1) is 8.49. The van der Waals surface area contributed by atoms with Crippen LogP contribution >= 0.6 is 11.6 Å². The van der Waals surface area contributed by atoms with Crippen molar-refractivity contribution in [2.75, 3.05) is 18.6 Å². The van der Waals surface area contributed by atoms with E-state index in [0.717, 1.165) is 11.3 Å². The van der Waals surface area contributed by atoms with Gasteiger partial charge in [0, 0.05) is 19.7 Å². The summed E-state index contributed by atoms with van der Waals surface area (Å²) in [6, 6.07) is 7.68. The Hall–Kier alpha value is -1.06. The molecule has 0 aromatic heterocycles. The molecule has 100 valence electrons. The normalized spacial score (nSPS) is 14.1. The number of benzene rings is 1. The number of ether oxygens (including phenoxy) is 1. The van der Waals surface area contributed by atoms with Crippen LogP contribution in [0.1, 0.15) is 31.7 Å². The van der Waals surface area contributed by atoms with Gasteiger partial charge >= 0.3 is 0 Å². The van der Waals surface area contributed by atoms with Crippen molar-refractivity contribution in [3.63, 3.8) is 0 Å². The lowest BCUT2D eigenvalue weighted by atomic mass is 10.1. The minimum atomic E-state index is -0.141. The molecule has 1 amide bonds. The van der Waals surface area contributed by atoms with Crippen molar-refractivity contribution < 1.29 is 9.53 Å². The lowest BCUT2D eigenvalue weighted by Gasteiger charge is -2.30. The molecule has 3 nitrogen and oxygen atoms in total. The quantitative estimate of drug-likeness (QED) is 0.767. The van der Waals surface area contributed by atoms with E-state index in [2.05, 4.69) is 0 Å². The fraction of sp³-hybridized carbons (Fsp3) is 0.500. The summed E-state index contributed by atoms with van der Waals surface area (Å²) < 4.78 is 5.13. The number of alkyl halides is 1. The van der Waals surface area contributed by atoms with Crippen LogP contribution in [-0.4, -0.2) is 25.7 Å². The molecule has 0 heterocycles. The number of methoxy groups -OCH3 is 1. The Morgan fingerprint density at radius 2 is 2.00 bits per heavy atom. The van der Waals surface area contributed by atoms with Crippen molar-refractivity contribution in [3.8, 4) is 0 Å². The van der Waals surface area contributed by atoms with Gasteiger partial charge in [0.25, 0.3) is 0 Å². The summed E-state index contributed by atoms with van der Waals surface area (Å²) in [6.45, 7) is 5.91. The molecule has 0 saturated heterocycles. The number of hydrogen-bond donors (Lipinski definition) is 0. The Labute approximate surface area is 114 Å². The third-order valence-corrected chi connectivity index (χ3v) is 3.05. The minimum absolute atomic E-state index is 0.00989. The highest BCUT2D eigenvalue weighted by Crippen LogP contribution is 2.31. The largest absolute Gasteiger partial charge is 0.383 e. The number of rotatable bonds is 5. The standard InChI is InChI=1S/C14H20ClNO2/c1-10(9-18-4)16(12(3)17)14-8-6-5-7-13(14)11(2)15/h5-8,10-11H,9H2,1-4H3. The summed E-state index contributed by atoms with van der Waals surface area (Å²) in [5, 5.41) is -0.141. The molecule has 18 heavy (non-hydrogen) atoms. The van der Waals surface area contributed by atoms with Crippen LogP contribution in [0.3, 0.4) is 0 Å². The number of para-hydroxylation sites is 1. The van der Waals surface area contributed by atoms with Gasteiger partial charge in [0.2, 0.25) is 5.91 Å². The number of halogens is 1. The van der Waals surface area contributed by atoms with Gasteiger partial charge in [-0.3, -0.25) is 4.79 Å². The van der Waals surface area contributed by atoms with E-state index in [1.165, 1.54) is 0 Å². The summed E-state index contributed by atoms with van der Waals surface area (Å²) in [7, 11) is 1.63. The van der Waals surface area contributed by atoms with Gasteiger partial charge in [-0.1, -0.05) is 18.2 Å². The SMILES string of the molecule is COCC(C)N(C(C)=O)c1ccccc1C(C)Cl. The van der Waals surface area contributed by atoms with E-state index >= 15 is 0 Å². The molecule has 0 aliphatic heterocycles. The van der Waals surface area contributed by atoms with E-state index in [1.54, 1.807) is 18.9 Å². The maximum Gasteiger partial charge on any atom is 0.224 e. The van der Waals surface area contributed by atoms with Crippen molar-refractivity contribution in [1.82, 2.24) is 0 Å². The molecule has 2 atom stereocenters. The summed E-state index contributed by atoms with van der Waals surface area (Å²) in [6.07, 6.45) is 0. The molecular weight excluding hydrogens is 250 g/mol. The Bertz CT molecular complexity index is 407. The number of hydrogen-bond acceptors (Lipinski definition) is 2. The molecule has 0 spiro atoms. The van der Waals surface area contributed by atoms with E-state index < -0.39 is 0 Å². The van der Waals surface area contributed by atoms with E-state index in [9.17, 15) is 4.79 Å². The number of anilines is 1. The molecule has 1 aromatic carbocycles. The van der Waals surface area contributed by atoms with Crippen LogP contribution in [0.25, 0.3) is 0 Å². The summed E-state index contributed by atoms with van der Waals surface area (Å²) in [5.74, 6) is -0.00989. The fourth-order valence-corrected chi connectivity index (χ4v) is 2.26. The molecule has 4 heteroatoms. The van der Waals surface area contributed by atoms with Crippen molar-refractivity contribution in [2.24, 2.45) is 0 Å². The van der Waals surface area contributed by atoms with Crippen molar-refractivity contribution in [2.45, 2.75) is 32.2 Å². The zero-order valence-electron chi connectivity index (χ0n) is 11.3. The molecule has 0 radical (unpaired) electrons. The molecule has 0 bridgehead atoms. The van der Waals surface area contributed by atoms with Crippen LogP contribution in [0.5, 0.6) is 0 Å². The van der Waals surface area contributed by atoms with E-state index in [1.807, 2.05) is 38.1 Å². The predicted octanol–water partition coefficient (Wildman–Crippen LogP) is 3.37. The second kappa shape index (κ2) is 6.76.